The van der Waals surface area contributed by atoms with Crippen molar-refractivity contribution in [2.45, 2.75) is 12.8 Å². The Bertz CT molecular complexity index is 198. The van der Waals surface area contributed by atoms with Crippen LogP contribution in [0.15, 0.2) is 4.99 Å². The number of aliphatic imine (C=N–C) groups is 1. The number of carbonyl (C=O) groups is 1. The van der Waals surface area contributed by atoms with Crippen LogP contribution in [0.1, 0.15) is 12.8 Å². The van der Waals surface area contributed by atoms with Crippen molar-refractivity contribution in [2.75, 3.05) is 19.6 Å². The van der Waals surface area contributed by atoms with Gasteiger partial charge in [0.15, 0.2) is 5.96 Å². The van der Waals surface area contributed by atoms with Crippen molar-refractivity contribution >= 4 is 11.9 Å². The van der Waals surface area contributed by atoms with Gasteiger partial charge in [-0.1, -0.05) is 0 Å². The van der Waals surface area contributed by atoms with E-state index in [1.165, 1.54) is 0 Å². The quantitative estimate of drug-likeness (QED) is 0.415. The summed E-state index contributed by atoms with van der Waals surface area (Å²) in [4.78, 5) is 16.6. The van der Waals surface area contributed by atoms with Crippen LogP contribution in [0.3, 0.4) is 0 Å². The molecule has 0 bridgehead atoms. The van der Waals surface area contributed by atoms with E-state index in [4.69, 9.17) is 11.5 Å². The van der Waals surface area contributed by atoms with E-state index in [-0.39, 0.29) is 11.9 Å². The number of nitrogens with two attached hydrogens (primary N) is 2. The fraction of sp³-hybridized carbons (Fsp3) is 0.714. The van der Waals surface area contributed by atoms with Crippen LogP contribution in [0, 0.1) is 0 Å². The van der Waals surface area contributed by atoms with Gasteiger partial charge >= 0.3 is 0 Å². The summed E-state index contributed by atoms with van der Waals surface area (Å²) in [5.74, 6) is 0.294. The molecule has 1 amide bonds. The zero-order chi connectivity index (χ0) is 8.97. The predicted molar refractivity (Wildman–Crippen MR) is 46.5 cm³/mol. The normalized spacial score (nSPS) is 16.7. The van der Waals surface area contributed by atoms with E-state index < -0.39 is 0 Å². The minimum atomic E-state index is 0.0849. The second-order valence-corrected chi connectivity index (χ2v) is 2.79. The van der Waals surface area contributed by atoms with E-state index in [1.807, 2.05) is 0 Å². The first kappa shape index (κ1) is 8.83. The van der Waals surface area contributed by atoms with E-state index in [2.05, 4.69) is 4.99 Å². The number of hydrogen-bond donors (Lipinski definition) is 2. The molecule has 0 atom stereocenters. The van der Waals surface area contributed by atoms with Crippen molar-refractivity contribution in [3.8, 4) is 0 Å². The molecule has 4 N–H and O–H groups in total. The predicted octanol–water partition coefficient (Wildman–Crippen LogP) is -1.12. The summed E-state index contributed by atoms with van der Waals surface area (Å²) < 4.78 is 0. The molecule has 1 aliphatic heterocycles. The van der Waals surface area contributed by atoms with Gasteiger partial charge in [0.05, 0.1) is 6.54 Å². The molecule has 0 spiro atoms. The first-order chi connectivity index (χ1) is 5.70. The Morgan fingerprint density at radius 2 is 2.33 bits per heavy atom. The first-order valence-corrected chi connectivity index (χ1v) is 4.03. The second kappa shape index (κ2) is 3.94. The molecule has 0 aromatic rings. The molecule has 68 valence electrons. The SMILES string of the molecule is NC(N)=NCCN1CCCC1=O. The van der Waals surface area contributed by atoms with Crippen molar-refractivity contribution in [1.29, 1.82) is 0 Å². The van der Waals surface area contributed by atoms with Crippen LogP contribution in [0.2, 0.25) is 0 Å². The molecule has 0 unspecified atom stereocenters. The van der Waals surface area contributed by atoms with Gasteiger partial charge in [0.1, 0.15) is 0 Å². The molecule has 0 saturated carbocycles. The standard InChI is InChI=1S/C7H14N4O/c8-7(9)10-3-5-11-4-1-2-6(11)12/h1-5H2,(H4,8,9,10). The maximum absolute atomic E-state index is 11.1. The third kappa shape index (κ3) is 2.41. The fourth-order valence-electron chi connectivity index (χ4n) is 1.24. The molecule has 1 fully saturated rings. The molecule has 0 aromatic carbocycles. The van der Waals surface area contributed by atoms with Gasteiger partial charge in [-0.3, -0.25) is 9.79 Å². The number of rotatable bonds is 3. The Hall–Kier alpha value is -1.26. The first-order valence-electron chi connectivity index (χ1n) is 4.03. The second-order valence-electron chi connectivity index (χ2n) is 2.79. The minimum Gasteiger partial charge on any atom is -0.370 e. The zero-order valence-electron chi connectivity index (χ0n) is 6.99. The molecule has 0 radical (unpaired) electrons. The van der Waals surface area contributed by atoms with Crippen LogP contribution in [0.25, 0.3) is 0 Å². The molecule has 1 rings (SSSR count). The number of carbonyl (C=O) groups excluding carboxylic acids is 1. The summed E-state index contributed by atoms with van der Waals surface area (Å²) >= 11 is 0. The number of guanidine groups is 1. The van der Waals surface area contributed by atoms with Gasteiger partial charge in [-0.15, -0.1) is 0 Å². The van der Waals surface area contributed by atoms with E-state index in [0.717, 1.165) is 13.0 Å². The Morgan fingerprint density at radius 3 is 2.83 bits per heavy atom. The molecule has 5 nitrogen and oxygen atoms in total. The van der Waals surface area contributed by atoms with Crippen LogP contribution < -0.4 is 11.5 Å². The van der Waals surface area contributed by atoms with E-state index in [9.17, 15) is 4.79 Å². The lowest BCUT2D eigenvalue weighted by Gasteiger charge is -2.12. The summed E-state index contributed by atoms with van der Waals surface area (Å²) in [5.41, 5.74) is 10.3. The molecule has 1 aliphatic rings. The van der Waals surface area contributed by atoms with Gasteiger partial charge < -0.3 is 16.4 Å². The van der Waals surface area contributed by atoms with E-state index in [1.54, 1.807) is 4.90 Å². The van der Waals surface area contributed by atoms with Gasteiger partial charge in [-0.25, -0.2) is 0 Å². The summed E-state index contributed by atoms with van der Waals surface area (Å²) in [6.45, 7) is 1.99. The molecule has 0 aromatic heterocycles. The summed E-state index contributed by atoms with van der Waals surface area (Å²) in [7, 11) is 0. The van der Waals surface area contributed by atoms with E-state index in [0.29, 0.717) is 19.5 Å². The average Bonchev–Trinajstić information content (AvgIpc) is 2.36. The van der Waals surface area contributed by atoms with Crippen molar-refractivity contribution in [3.05, 3.63) is 0 Å². The zero-order valence-corrected chi connectivity index (χ0v) is 6.99. The molecule has 1 heterocycles. The molecular formula is C7H14N4O. The Morgan fingerprint density at radius 1 is 1.58 bits per heavy atom. The van der Waals surface area contributed by atoms with Gasteiger partial charge in [0.2, 0.25) is 5.91 Å². The third-order valence-corrected chi connectivity index (χ3v) is 1.84. The average molecular weight is 170 g/mol. The van der Waals surface area contributed by atoms with Crippen LogP contribution >= 0.6 is 0 Å². The highest BCUT2D eigenvalue weighted by molar-refractivity contribution is 5.78. The lowest BCUT2D eigenvalue weighted by atomic mass is 10.4. The largest absolute Gasteiger partial charge is 0.370 e. The smallest absolute Gasteiger partial charge is 0.222 e. The van der Waals surface area contributed by atoms with Crippen LogP contribution in [-0.4, -0.2) is 36.4 Å². The Balaban J connectivity index is 2.23. The highest BCUT2D eigenvalue weighted by Gasteiger charge is 2.18. The molecule has 0 aliphatic carbocycles. The molecule has 1 saturated heterocycles. The molecular weight excluding hydrogens is 156 g/mol. The lowest BCUT2D eigenvalue weighted by Crippen LogP contribution is -2.29. The van der Waals surface area contributed by atoms with Gasteiger partial charge in [0, 0.05) is 19.5 Å². The van der Waals surface area contributed by atoms with Gasteiger partial charge in [-0.2, -0.15) is 0 Å². The van der Waals surface area contributed by atoms with Crippen LogP contribution in [0.4, 0.5) is 0 Å². The summed E-state index contributed by atoms with van der Waals surface area (Å²) in [5, 5.41) is 0. The number of hydrogen-bond acceptors (Lipinski definition) is 2. The van der Waals surface area contributed by atoms with Crippen molar-refractivity contribution in [2.24, 2.45) is 16.5 Å². The van der Waals surface area contributed by atoms with Crippen LogP contribution in [-0.2, 0) is 4.79 Å². The number of amides is 1. The number of nitrogens with zero attached hydrogens (tertiary/aromatic N) is 2. The summed E-state index contributed by atoms with van der Waals surface area (Å²) in [6, 6.07) is 0. The topological polar surface area (TPSA) is 84.7 Å². The van der Waals surface area contributed by atoms with E-state index >= 15 is 0 Å². The number of likely N-dealkylation sites (tertiary alicyclic amines) is 1. The van der Waals surface area contributed by atoms with Crippen molar-refractivity contribution < 1.29 is 4.79 Å². The lowest BCUT2D eigenvalue weighted by molar-refractivity contribution is -0.127. The Kier molecular flexibility index (Phi) is 2.90. The van der Waals surface area contributed by atoms with Gasteiger partial charge in [-0.05, 0) is 6.42 Å². The molecule has 12 heavy (non-hydrogen) atoms. The highest BCUT2D eigenvalue weighted by atomic mass is 16.2. The summed E-state index contributed by atoms with van der Waals surface area (Å²) in [6.07, 6.45) is 1.63. The van der Waals surface area contributed by atoms with Gasteiger partial charge in [0.25, 0.3) is 0 Å². The molecule has 5 heteroatoms. The monoisotopic (exact) mass is 170 g/mol. The maximum atomic E-state index is 11.1. The fourth-order valence-corrected chi connectivity index (χ4v) is 1.24. The highest BCUT2D eigenvalue weighted by Crippen LogP contribution is 2.08. The van der Waals surface area contributed by atoms with Crippen molar-refractivity contribution in [1.82, 2.24) is 4.90 Å². The minimum absolute atomic E-state index is 0.0849. The third-order valence-electron chi connectivity index (χ3n) is 1.84. The maximum Gasteiger partial charge on any atom is 0.222 e. The Labute approximate surface area is 71.4 Å². The van der Waals surface area contributed by atoms with Crippen molar-refractivity contribution in [3.63, 3.8) is 0 Å². The van der Waals surface area contributed by atoms with Crippen LogP contribution in [0.5, 0.6) is 0 Å².